The summed E-state index contributed by atoms with van der Waals surface area (Å²) < 4.78 is 2.61. The van der Waals surface area contributed by atoms with Crippen molar-refractivity contribution < 1.29 is 0 Å². The third-order valence-corrected chi connectivity index (χ3v) is 5.98. The van der Waals surface area contributed by atoms with Gasteiger partial charge >= 0.3 is 0 Å². The van der Waals surface area contributed by atoms with Gasteiger partial charge in [-0.05, 0) is 37.1 Å². The molecule has 0 aliphatic rings. The van der Waals surface area contributed by atoms with Gasteiger partial charge < -0.3 is 0 Å². The summed E-state index contributed by atoms with van der Waals surface area (Å²) in [5, 5.41) is 3.97. The van der Waals surface area contributed by atoms with Crippen LogP contribution in [0.2, 0.25) is 0 Å². The molecular weight excluding hydrogens is 322 g/mol. The Morgan fingerprint density at radius 2 is 1.56 bits per heavy atom. The van der Waals surface area contributed by atoms with Gasteiger partial charge in [-0.3, -0.25) is 0 Å². The van der Waals surface area contributed by atoms with Gasteiger partial charge in [-0.2, -0.15) is 0 Å². The number of hydrogen-bond acceptors (Lipinski definition) is 2. The molecule has 0 spiro atoms. The minimum absolute atomic E-state index is 1.09. The van der Waals surface area contributed by atoms with Gasteiger partial charge in [0.1, 0.15) is 0 Å². The number of aromatic nitrogens is 1. The molecule has 0 saturated heterocycles. The standard InChI is InChI=1S/C23H17NS/c1-14-12-15(2)20-18(13-14)24-22(16-8-4-3-5-9-16)23-21(20)17-10-6-7-11-19(17)25-23/h3-13H,1-2H3. The predicted octanol–water partition coefficient (Wildman–Crippen LogP) is 6.89. The zero-order chi connectivity index (χ0) is 17.0. The van der Waals surface area contributed by atoms with E-state index >= 15 is 0 Å². The molecule has 5 aromatic rings. The molecule has 2 aromatic heterocycles. The predicted molar refractivity (Wildman–Crippen MR) is 110 cm³/mol. The van der Waals surface area contributed by atoms with Gasteiger partial charge in [-0.15, -0.1) is 11.3 Å². The Morgan fingerprint density at radius 3 is 2.40 bits per heavy atom. The molecule has 3 aromatic carbocycles. The number of benzene rings is 3. The second-order valence-electron chi connectivity index (χ2n) is 6.60. The Labute approximate surface area is 150 Å². The third kappa shape index (κ3) is 2.18. The number of aryl methyl sites for hydroxylation is 2. The monoisotopic (exact) mass is 339 g/mol. The molecule has 0 saturated carbocycles. The van der Waals surface area contributed by atoms with Crippen LogP contribution in [0, 0.1) is 13.8 Å². The highest BCUT2D eigenvalue weighted by Gasteiger charge is 2.17. The van der Waals surface area contributed by atoms with Crippen LogP contribution in [0.25, 0.3) is 42.3 Å². The van der Waals surface area contributed by atoms with Crippen LogP contribution in [0.1, 0.15) is 11.1 Å². The molecule has 2 heterocycles. The molecule has 0 fully saturated rings. The molecule has 0 bridgehead atoms. The molecule has 0 unspecified atom stereocenters. The van der Waals surface area contributed by atoms with Gasteiger partial charge in [0.05, 0.1) is 15.9 Å². The number of thiophene rings is 1. The Bertz CT molecular complexity index is 1250. The molecule has 2 heteroatoms. The molecule has 0 aliphatic heterocycles. The minimum Gasteiger partial charge on any atom is -0.246 e. The van der Waals surface area contributed by atoms with Gasteiger partial charge in [0.25, 0.3) is 0 Å². The summed E-state index contributed by atoms with van der Waals surface area (Å²) in [6, 6.07) is 23.7. The van der Waals surface area contributed by atoms with Crippen molar-refractivity contribution in [2.45, 2.75) is 13.8 Å². The molecule has 0 aliphatic carbocycles. The highest BCUT2D eigenvalue weighted by molar-refractivity contribution is 7.26. The van der Waals surface area contributed by atoms with Gasteiger partial charge in [0.15, 0.2) is 0 Å². The van der Waals surface area contributed by atoms with E-state index in [0.717, 1.165) is 11.2 Å². The van der Waals surface area contributed by atoms with Crippen molar-refractivity contribution in [2.24, 2.45) is 0 Å². The lowest BCUT2D eigenvalue weighted by Crippen LogP contribution is -1.90. The van der Waals surface area contributed by atoms with Crippen LogP contribution in [0.3, 0.4) is 0 Å². The molecule has 0 N–H and O–H groups in total. The van der Waals surface area contributed by atoms with Crippen molar-refractivity contribution in [3.63, 3.8) is 0 Å². The highest BCUT2D eigenvalue weighted by atomic mass is 32.1. The van der Waals surface area contributed by atoms with E-state index in [1.165, 1.54) is 42.2 Å². The molecular formula is C23H17NS. The van der Waals surface area contributed by atoms with Gasteiger partial charge in [-0.1, -0.05) is 54.6 Å². The van der Waals surface area contributed by atoms with Crippen molar-refractivity contribution in [3.05, 3.63) is 77.9 Å². The summed E-state index contributed by atoms with van der Waals surface area (Å²) in [5.74, 6) is 0. The second kappa shape index (κ2) is 5.40. The first-order valence-electron chi connectivity index (χ1n) is 8.50. The largest absolute Gasteiger partial charge is 0.246 e. The van der Waals surface area contributed by atoms with Crippen molar-refractivity contribution >= 4 is 42.4 Å². The quantitative estimate of drug-likeness (QED) is 0.324. The fraction of sp³-hybridized carbons (Fsp3) is 0.0870. The first kappa shape index (κ1) is 14.6. The summed E-state index contributed by atoms with van der Waals surface area (Å²) in [7, 11) is 0. The Balaban J connectivity index is 2.07. The maximum absolute atomic E-state index is 5.10. The Hall–Kier alpha value is -2.71. The molecule has 0 amide bonds. The van der Waals surface area contributed by atoms with E-state index in [4.69, 9.17) is 4.98 Å². The molecule has 5 rings (SSSR count). The number of pyridine rings is 1. The van der Waals surface area contributed by atoms with Crippen molar-refractivity contribution in [1.82, 2.24) is 4.98 Å². The van der Waals surface area contributed by atoms with Crippen molar-refractivity contribution in [1.29, 1.82) is 0 Å². The first-order chi connectivity index (χ1) is 12.2. The van der Waals surface area contributed by atoms with E-state index < -0.39 is 0 Å². The Kier molecular flexibility index (Phi) is 3.16. The SMILES string of the molecule is Cc1cc(C)c2c(c1)nc(-c1ccccc1)c1sc3ccccc3c12. The van der Waals surface area contributed by atoms with E-state index in [-0.39, 0.29) is 0 Å². The molecule has 1 nitrogen and oxygen atoms in total. The van der Waals surface area contributed by atoms with Gasteiger partial charge in [0, 0.05) is 26.4 Å². The van der Waals surface area contributed by atoms with E-state index in [2.05, 4.69) is 80.6 Å². The zero-order valence-corrected chi connectivity index (χ0v) is 15.0. The van der Waals surface area contributed by atoms with Crippen molar-refractivity contribution in [2.75, 3.05) is 0 Å². The lowest BCUT2D eigenvalue weighted by molar-refractivity contribution is 1.38. The summed E-state index contributed by atoms with van der Waals surface area (Å²) in [6.07, 6.45) is 0. The molecule has 25 heavy (non-hydrogen) atoms. The van der Waals surface area contributed by atoms with Gasteiger partial charge in [0.2, 0.25) is 0 Å². The van der Waals surface area contributed by atoms with E-state index in [1.807, 2.05) is 11.3 Å². The van der Waals surface area contributed by atoms with Crippen LogP contribution < -0.4 is 0 Å². The Morgan fingerprint density at radius 1 is 0.800 bits per heavy atom. The lowest BCUT2D eigenvalue weighted by Gasteiger charge is -2.10. The molecule has 0 atom stereocenters. The maximum atomic E-state index is 5.10. The minimum atomic E-state index is 1.09. The van der Waals surface area contributed by atoms with Crippen LogP contribution in [0.4, 0.5) is 0 Å². The smallest absolute Gasteiger partial charge is 0.0888 e. The van der Waals surface area contributed by atoms with E-state index in [0.29, 0.717) is 0 Å². The number of rotatable bonds is 1. The summed E-state index contributed by atoms with van der Waals surface area (Å²) in [4.78, 5) is 5.10. The molecule has 120 valence electrons. The average molecular weight is 339 g/mol. The normalized spacial score (nSPS) is 11.6. The van der Waals surface area contributed by atoms with Crippen LogP contribution in [0.5, 0.6) is 0 Å². The number of nitrogens with zero attached hydrogens (tertiary/aromatic N) is 1. The van der Waals surface area contributed by atoms with Gasteiger partial charge in [-0.25, -0.2) is 4.98 Å². The van der Waals surface area contributed by atoms with Crippen LogP contribution in [-0.2, 0) is 0 Å². The number of fused-ring (bicyclic) bond motifs is 5. The van der Waals surface area contributed by atoms with E-state index in [9.17, 15) is 0 Å². The van der Waals surface area contributed by atoms with Crippen molar-refractivity contribution in [3.8, 4) is 11.3 Å². The molecule has 0 radical (unpaired) electrons. The fourth-order valence-corrected chi connectivity index (χ4v) is 5.00. The highest BCUT2D eigenvalue weighted by Crippen LogP contribution is 2.43. The third-order valence-electron chi connectivity index (χ3n) is 4.80. The lowest BCUT2D eigenvalue weighted by atomic mass is 9.99. The second-order valence-corrected chi connectivity index (χ2v) is 7.66. The van der Waals surface area contributed by atoms with Crippen LogP contribution in [0.15, 0.2) is 66.7 Å². The van der Waals surface area contributed by atoms with Crippen LogP contribution >= 0.6 is 11.3 Å². The topological polar surface area (TPSA) is 12.9 Å². The van der Waals surface area contributed by atoms with E-state index in [1.54, 1.807) is 0 Å². The van der Waals surface area contributed by atoms with Crippen LogP contribution in [-0.4, -0.2) is 4.98 Å². The zero-order valence-electron chi connectivity index (χ0n) is 14.2. The summed E-state index contributed by atoms with van der Waals surface area (Å²) >= 11 is 1.85. The summed E-state index contributed by atoms with van der Waals surface area (Å²) in [5.41, 5.74) is 5.92. The first-order valence-corrected chi connectivity index (χ1v) is 9.31. The fourth-order valence-electron chi connectivity index (χ4n) is 3.78. The average Bonchev–Trinajstić information content (AvgIpc) is 3.00. The number of hydrogen-bond donors (Lipinski definition) is 0. The maximum Gasteiger partial charge on any atom is 0.0888 e. The summed E-state index contributed by atoms with van der Waals surface area (Å²) in [6.45, 7) is 4.34.